The lowest BCUT2D eigenvalue weighted by Gasteiger charge is -2.13. The zero-order chi connectivity index (χ0) is 13.2. The fourth-order valence-electron chi connectivity index (χ4n) is 1.50. The summed E-state index contributed by atoms with van der Waals surface area (Å²) in [5.74, 6) is 0.430. The summed E-state index contributed by atoms with van der Waals surface area (Å²) in [4.78, 5) is 0. The van der Waals surface area contributed by atoms with E-state index in [9.17, 15) is 13.2 Å². The van der Waals surface area contributed by atoms with Crippen LogP contribution >= 0.6 is 0 Å². The van der Waals surface area contributed by atoms with Crippen molar-refractivity contribution in [3.05, 3.63) is 54.1 Å². The average Bonchev–Trinajstić information content (AvgIpc) is 2.32. The lowest BCUT2D eigenvalue weighted by atomic mass is 10.1. The summed E-state index contributed by atoms with van der Waals surface area (Å²) in [5.41, 5.74) is 4.17. The third kappa shape index (κ3) is 2.56. The van der Waals surface area contributed by atoms with E-state index in [2.05, 4.69) is 0 Å². The van der Waals surface area contributed by atoms with Gasteiger partial charge < -0.3 is 10.5 Å². The first-order valence-corrected chi connectivity index (χ1v) is 5.17. The van der Waals surface area contributed by atoms with E-state index in [-0.39, 0.29) is 5.75 Å². The number of ether oxygens (including phenoxy) is 1. The minimum absolute atomic E-state index is 0.00368. The topological polar surface area (TPSA) is 35.2 Å². The van der Waals surface area contributed by atoms with E-state index in [0.29, 0.717) is 5.75 Å². The summed E-state index contributed by atoms with van der Waals surface area (Å²) in [5, 5.41) is 0. The molecule has 2 N–H and O–H groups in total. The summed E-state index contributed by atoms with van der Waals surface area (Å²) in [6.07, 6.45) is -4.49. The maximum absolute atomic E-state index is 12.6. The van der Waals surface area contributed by atoms with Crippen molar-refractivity contribution in [1.82, 2.24) is 0 Å². The van der Waals surface area contributed by atoms with Crippen LogP contribution in [0, 0.1) is 0 Å². The molecule has 18 heavy (non-hydrogen) atoms. The zero-order valence-corrected chi connectivity index (χ0v) is 9.24. The molecule has 0 aliphatic heterocycles. The van der Waals surface area contributed by atoms with Crippen LogP contribution in [0.5, 0.6) is 11.5 Å². The summed E-state index contributed by atoms with van der Waals surface area (Å²) in [7, 11) is 0. The Morgan fingerprint density at radius 1 is 0.889 bits per heavy atom. The molecule has 0 amide bonds. The van der Waals surface area contributed by atoms with Crippen molar-refractivity contribution >= 4 is 5.69 Å². The molecule has 0 aliphatic carbocycles. The van der Waals surface area contributed by atoms with Crippen LogP contribution in [0.1, 0.15) is 5.56 Å². The second-order valence-corrected chi connectivity index (χ2v) is 3.63. The number of hydrogen-bond donors (Lipinski definition) is 1. The van der Waals surface area contributed by atoms with Gasteiger partial charge in [-0.25, -0.2) is 0 Å². The Kier molecular flexibility index (Phi) is 3.14. The standard InChI is InChI=1S/C13H10F3NO/c14-13(15,16)10-7-4-8-11(12(10)17)18-9-5-2-1-3-6-9/h1-8H,17H2. The van der Waals surface area contributed by atoms with Gasteiger partial charge in [0.2, 0.25) is 0 Å². The van der Waals surface area contributed by atoms with Crippen molar-refractivity contribution in [1.29, 1.82) is 0 Å². The molecule has 0 spiro atoms. The summed E-state index contributed by atoms with van der Waals surface area (Å²) in [6, 6.07) is 12.1. The van der Waals surface area contributed by atoms with Crippen molar-refractivity contribution in [3.8, 4) is 11.5 Å². The second-order valence-electron chi connectivity index (χ2n) is 3.63. The van der Waals surface area contributed by atoms with Crippen LogP contribution in [0.3, 0.4) is 0 Å². The first kappa shape index (κ1) is 12.3. The summed E-state index contributed by atoms with van der Waals surface area (Å²) < 4.78 is 43.2. The lowest BCUT2D eigenvalue weighted by Crippen LogP contribution is -2.09. The zero-order valence-electron chi connectivity index (χ0n) is 9.24. The van der Waals surface area contributed by atoms with Crippen molar-refractivity contribution in [2.75, 3.05) is 5.73 Å². The first-order valence-electron chi connectivity index (χ1n) is 5.17. The number of para-hydroxylation sites is 2. The van der Waals surface area contributed by atoms with Crippen LogP contribution in [0.4, 0.5) is 18.9 Å². The van der Waals surface area contributed by atoms with Gasteiger partial charge in [0.1, 0.15) is 5.75 Å². The van der Waals surface area contributed by atoms with E-state index in [1.165, 1.54) is 12.1 Å². The highest BCUT2D eigenvalue weighted by Crippen LogP contribution is 2.39. The Labute approximate surface area is 102 Å². The predicted molar refractivity (Wildman–Crippen MR) is 62.4 cm³/mol. The van der Waals surface area contributed by atoms with Gasteiger partial charge in [0.15, 0.2) is 5.75 Å². The molecule has 2 aromatic rings. The van der Waals surface area contributed by atoms with E-state index in [4.69, 9.17) is 10.5 Å². The minimum Gasteiger partial charge on any atom is -0.455 e. The number of rotatable bonds is 2. The van der Waals surface area contributed by atoms with Crippen LogP contribution in [-0.2, 0) is 6.18 Å². The molecule has 0 aromatic heterocycles. The molecule has 2 aromatic carbocycles. The third-order valence-corrected chi connectivity index (χ3v) is 2.34. The molecule has 0 heterocycles. The molecule has 94 valence electrons. The lowest BCUT2D eigenvalue weighted by molar-refractivity contribution is -0.137. The number of benzene rings is 2. The monoisotopic (exact) mass is 253 g/mol. The van der Waals surface area contributed by atoms with E-state index in [1.807, 2.05) is 0 Å². The molecule has 0 fully saturated rings. The number of halogens is 3. The highest BCUT2D eigenvalue weighted by atomic mass is 19.4. The molecular weight excluding hydrogens is 243 g/mol. The quantitative estimate of drug-likeness (QED) is 0.818. The number of nitrogen functional groups attached to an aromatic ring is 1. The highest BCUT2D eigenvalue weighted by molar-refractivity contribution is 5.60. The third-order valence-electron chi connectivity index (χ3n) is 2.34. The van der Waals surface area contributed by atoms with E-state index in [0.717, 1.165) is 6.07 Å². The molecule has 0 saturated carbocycles. The average molecular weight is 253 g/mol. The Balaban J connectivity index is 2.36. The smallest absolute Gasteiger partial charge is 0.418 e. The fraction of sp³-hybridized carbons (Fsp3) is 0.0769. The largest absolute Gasteiger partial charge is 0.455 e. The van der Waals surface area contributed by atoms with Gasteiger partial charge in [0, 0.05) is 0 Å². The van der Waals surface area contributed by atoms with Crippen molar-refractivity contribution in [2.24, 2.45) is 0 Å². The maximum atomic E-state index is 12.6. The van der Waals surface area contributed by atoms with Crippen LogP contribution in [0.25, 0.3) is 0 Å². The summed E-state index contributed by atoms with van der Waals surface area (Å²) in [6.45, 7) is 0. The van der Waals surface area contributed by atoms with Crippen LogP contribution in [-0.4, -0.2) is 0 Å². The van der Waals surface area contributed by atoms with Gasteiger partial charge in [0.25, 0.3) is 0 Å². The van der Waals surface area contributed by atoms with E-state index >= 15 is 0 Å². The minimum atomic E-state index is -4.49. The van der Waals surface area contributed by atoms with Crippen LogP contribution < -0.4 is 10.5 Å². The highest BCUT2D eigenvalue weighted by Gasteiger charge is 2.33. The first-order chi connectivity index (χ1) is 8.48. The van der Waals surface area contributed by atoms with E-state index in [1.54, 1.807) is 30.3 Å². The van der Waals surface area contributed by atoms with Gasteiger partial charge in [-0.05, 0) is 24.3 Å². The van der Waals surface area contributed by atoms with Crippen LogP contribution in [0.2, 0.25) is 0 Å². The number of anilines is 1. The molecule has 2 nitrogen and oxygen atoms in total. The van der Waals surface area contributed by atoms with Crippen molar-refractivity contribution in [3.63, 3.8) is 0 Å². The number of nitrogens with two attached hydrogens (primary N) is 1. The maximum Gasteiger partial charge on any atom is 0.418 e. The molecule has 5 heteroatoms. The molecule has 2 rings (SSSR count). The van der Waals surface area contributed by atoms with Gasteiger partial charge in [-0.2, -0.15) is 13.2 Å². The van der Waals surface area contributed by atoms with Gasteiger partial charge in [0.05, 0.1) is 11.3 Å². The normalized spacial score (nSPS) is 11.3. The molecule has 0 atom stereocenters. The number of hydrogen-bond acceptors (Lipinski definition) is 2. The Morgan fingerprint density at radius 3 is 2.17 bits per heavy atom. The molecule has 0 unspecified atom stereocenters. The van der Waals surface area contributed by atoms with Gasteiger partial charge >= 0.3 is 6.18 Å². The van der Waals surface area contributed by atoms with Crippen LogP contribution in [0.15, 0.2) is 48.5 Å². The second kappa shape index (κ2) is 4.60. The molecule has 0 bridgehead atoms. The molecule has 0 aliphatic rings. The van der Waals surface area contributed by atoms with Gasteiger partial charge in [-0.1, -0.05) is 24.3 Å². The fourth-order valence-corrected chi connectivity index (χ4v) is 1.50. The molecule has 0 radical (unpaired) electrons. The Hall–Kier alpha value is -2.17. The molecular formula is C13H10F3NO. The van der Waals surface area contributed by atoms with Crippen molar-refractivity contribution < 1.29 is 17.9 Å². The summed E-state index contributed by atoms with van der Waals surface area (Å²) >= 11 is 0. The molecule has 0 saturated heterocycles. The van der Waals surface area contributed by atoms with Gasteiger partial charge in [-0.15, -0.1) is 0 Å². The predicted octanol–water partition coefficient (Wildman–Crippen LogP) is 4.08. The number of alkyl halides is 3. The SMILES string of the molecule is Nc1c(Oc2ccccc2)cccc1C(F)(F)F. The van der Waals surface area contributed by atoms with Gasteiger partial charge in [-0.3, -0.25) is 0 Å². The Bertz CT molecular complexity index is 538. The van der Waals surface area contributed by atoms with E-state index < -0.39 is 17.4 Å². The van der Waals surface area contributed by atoms with Crippen molar-refractivity contribution in [2.45, 2.75) is 6.18 Å². The Morgan fingerprint density at radius 2 is 1.56 bits per heavy atom.